The Morgan fingerprint density at radius 3 is 2.21 bits per heavy atom. The third-order valence-corrected chi connectivity index (χ3v) is 8.60. The Morgan fingerprint density at radius 1 is 0.792 bits per heavy atom. The van der Waals surface area contributed by atoms with Gasteiger partial charge in [-0.2, -0.15) is 10.1 Å². The molecule has 5 aromatic rings. The Bertz CT molecular complexity index is 2040. The van der Waals surface area contributed by atoms with Crippen LogP contribution in [-0.2, 0) is 14.4 Å². The van der Waals surface area contributed by atoms with Crippen molar-refractivity contribution in [1.82, 2.24) is 10.6 Å². The van der Waals surface area contributed by atoms with Crippen LogP contribution < -0.4 is 21.0 Å². The topological polar surface area (TPSA) is 120 Å². The minimum absolute atomic E-state index is 0.00908. The molecule has 0 saturated heterocycles. The molecule has 0 fully saturated rings. The van der Waals surface area contributed by atoms with Gasteiger partial charge in [-0.3, -0.25) is 19.2 Å². The monoisotopic (exact) mass is 653 g/mol. The van der Waals surface area contributed by atoms with Crippen molar-refractivity contribution in [3.8, 4) is 0 Å². The summed E-state index contributed by atoms with van der Waals surface area (Å²) in [6, 6.07) is 38.4. The molecule has 0 spiro atoms. The molecule has 238 valence electrons. The van der Waals surface area contributed by atoms with Crippen LogP contribution in [-0.4, -0.2) is 34.7 Å². The zero-order valence-electron chi connectivity index (χ0n) is 25.9. The fourth-order valence-electron chi connectivity index (χ4n) is 5.06. The largest absolute Gasteiger partial charge is 0.321 e. The van der Waals surface area contributed by atoms with E-state index in [2.05, 4.69) is 21.1 Å². The number of nitrogens with zero attached hydrogens (tertiary/aromatic N) is 2. The maximum absolute atomic E-state index is 13.6. The molecule has 0 aliphatic carbocycles. The lowest BCUT2D eigenvalue weighted by Crippen LogP contribution is -2.35. The van der Waals surface area contributed by atoms with Crippen molar-refractivity contribution < 1.29 is 19.2 Å². The maximum Gasteiger partial charge on any atom is 0.272 e. The lowest BCUT2D eigenvalue weighted by atomic mass is 10.0. The third kappa shape index (κ3) is 7.68. The molecule has 1 unspecified atom stereocenters. The third-order valence-electron chi connectivity index (χ3n) is 7.49. The second-order valence-corrected chi connectivity index (χ2v) is 12.4. The first-order valence-electron chi connectivity index (χ1n) is 15.2. The molecule has 1 atom stereocenters. The van der Waals surface area contributed by atoms with Gasteiger partial charge in [0.05, 0.1) is 17.4 Å². The van der Waals surface area contributed by atoms with Gasteiger partial charge in [0.25, 0.3) is 17.7 Å². The van der Waals surface area contributed by atoms with Gasteiger partial charge in [-0.05, 0) is 77.9 Å². The summed E-state index contributed by atoms with van der Waals surface area (Å²) >= 11 is 1.33. The van der Waals surface area contributed by atoms with Crippen LogP contribution in [0.2, 0.25) is 0 Å². The van der Waals surface area contributed by atoms with Crippen molar-refractivity contribution in [2.75, 3.05) is 10.3 Å². The van der Waals surface area contributed by atoms with Gasteiger partial charge in [0.1, 0.15) is 11.5 Å². The summed E-state index contributed by atoms with van der Waals surface area (Å²) in [7, 11) is 0. The van der Waals surface area contributed by atoms with Crippen LogP contribution >= 0.6 is 11.8 Å². The zero-order chi connectivity index (χ0) is 33.5. The first kappa shape index (κ1) is 32.0. The van der Waals surface area contributed by atoms with Gasteiger partial charge in [0.2, 0.25) is 5.91 Å². The average molecular weight is 654 g/mol. The van der Waals surface area contributed by atoms with Crippen molar-refractivity contribution in [2.45, 2.75) is 23.5 Å². The summed E-state index contributed by atoms with van der Waals surface area (Å²) in [6.07, 6.45) is 1.68. The van der Waals surface area contributed by atoms with Gasteiger partial charge in [0, 0.05) is 16.1 Å². The van der Waals surface area contributed by atoms with E-state index in [1.54, 1.807) is 73.7 Å². The van der Waals surface area contributed by atoms with E-state index in [1.165, 1.54) is 16.8 Å². The lowest BCUT2D eigenvalue weighted by Gasteiger charge is -2.14. The number of hydrazone groups is 1. The van der Waals surface area contributed by atoms with Crippen molar-refractivity contribution in [1.29, 1.82) is 0 Å². The van der Waals surface area contributed by atoms with Gasteiger partial charge in [-0.1, -0.05) is 78.9 Å². The predicted octanol–water partition coefficient (Wildman–Crippen LogP) is 6.60. The Morgan fingerprint density at radius 2 is 1.46 bits per heavy atom. The summed E-state index contributed by atoms with van der Waals surface area (Å²) in [6.45, 7) is 1.77. The normalized spacial score (nSPS) is 13.5. The standard InChI is InChI=1S/C38H31N5O4S/c1-25(36(45)41-34-24-35(44)43(42-34)30-16-6-3-7-17-30)48-31-21-19-29(20-22-31)39-38(47)33(40-37(46)27-12-4-2-5-13-27)23-28-15-10-14-26-11-8-9-18-32(26)28/h2-23,25H,24H2,1H3,(H,39,47)(H,40,46)(H,41,42,45)/b33-23-. The van der Waals surface area contributed by atoms with Crippen LogP contribution in [0.1, 0.15) is 29.3 Å². The number of carbonyl (C=O) groups excluding carboxylic acids is 4. The van der Waals surface area contributed by atoms with E-state index in [1.807, 2.05) is 66.7 Å². The maximum atomic E-state index is 13.6. The number of rotatable bonds is 9. The number of fused-ring (bicyclic) bond motifs is 1. The highest BCUT2D eigenvalue weighted by atomic mass is 32.2. The Balaban J connectivity index is 1.12. The summed E-state index contributed by atoms with van der Waals surface area (Å²) < 4.78 is 0. The predicted molar refractivity (Wildman–Crippen MR) is 190 cm³/mol. The Hall–Kier alpha value is -6.00. The molecule has 10 heteroatoms. The highest BCUT2D eigenvalue weighted by Gasteiger charge is 2.27. The minimum Gasteiger partial charge on any atom is -0.321 e. The molecule has 0 aromatic heterocycles. The van der Waals surface area contributed by atoms with Gasteiger partial charge >= 0.3 is 0 Å². The lowest BCUT2D eigenvalue weighted by molar-refractivity contribution is -0.119. The van der Waals surface area contributed by atoms with Crippen molar-refractivity contribution in [3.63, 3.8) is 0 Å². The first-order chi connectivity index (χ1) is 23.3. The number of thioether (sulfide) groups is 1. The van der Waals surface area contributed by atoms with E-state index < -0.39 is 17.1 Å². The summed E-state index contributed by atoms with van der Waals surface area (Å²) in [4.78, 5) is 52.8. The molecular weight excluding hydrogens is 623 g/mol. The highest BCUT2D eigenvalue weighted by molar-refractivity contribution is 8.00. The molecule has 6 rings (SSSR count). The quantitative estimate of drug-likeness (QED) is 0.122. The average Bonchev–Trinajstić information content (AvgIpc) is 3.48. The van der Waals surface area contributed by atoms with Crippen LogP contribution in [0.15, 0.2) is 143 Å². The van der Waals surface area contributed by atoms with E-state index in [-0.39, 0.29) is 23.9 Å². The van der Waals surface area contributed by atoms with Crippen LogP contribution in [0.4, 0.5) is 11.4 Å². The number of nitrogens with one attached hydrogen (secondary N) is 3. The van der Waals surface area contributed by atoms with Crippen molar-refractivity contribution in [2.24, 2.45) is 5.10 Å². The first-order valence-corrected chi connectivity index (χ1v) is 16.1. The molecule has 0 radical (unpaired) electrons. The summed E-state index contributed by atoms with van der Waals surface area (Å²) in [5.74, 6) is -1.10. The molecule has 1 aliphatic heterocycles. The number of amidine groups is 1. The van der Waals surface area contributed by atoms with Crippen LogP contribution in [0.5, 0.6) is 0 Å². The second kappa shape index (κ2) is 14.6. The number of amides is 4. The number of hydrogen-bond donors (Lipinski definition) is 3. The summed E-state index contributed by atoms with van der Waals surface area (Å²) in [5, 5.41) is 15.5. The Kier molecular flexibility index (Phi) is 9.73. The van der Waals surface area contributed by atoms with Crippen molar-refractivity contribution in [3.05, 3.63) is 144 Å². The molecular formula is C38H31N5O4S. The smallest absolute Gasteiger partial charge is 0.272 e. The fraction of sp³-hybridized carbons (Fsp3) is 0.0789. The molecule has 4 amide bonds. The SMILES string of the molecule is CC(Sc1ccc(NC(=O)/C(=C/c2cccc3ccccc23)NC(=O)c2ccccc2)cc1)C(=O)NC1=NN(c2ccccc2)C(=O)C1. The van der Waals surface area contributed by atoms with E-state index in [0.29, 0.717) is 22.8 Å². The summed E-state index contributed by atoms with van der Waals surface area (Å²) in [5.41, 5.74) is 2.44. The van der Waals surface area contributed by atoms with Gasteiger partial charge in [-0.15, -0.1) is 11.8 Å². The van der Waals surface area contributed by atoms with Crippen LogP contribution in [0.3, 0.4) is 0 Å². The number of para-hydroxylation sites is 1. The molecule has 48 heavy (non-hydrogen) atoms. The fourth-order valence-corrected chi connectivity index (χ4v) is 5.93. The zero-order valence-corrected chi connectivity index (χ0v) is 26.7. The van der Waals surface area contributed by atoms with E-state index >= 15 is 0 Å². The minimum atomic E-state index is -0.489. The molecule has 9 nitrogen and oxygen atoms in total. The number of hydrogen-bond acceptors (Lipinski definition) is 6. The van der Waals surface area contributed by atoms with Gasteiger partial charge in [-0.25, -0.2) is 0 Å². The molecule has 5 aromatic carbocycles. The molecule has 0 saturated carbocycles. The Labute approximate surface area is 281 Å². The van der Waals surface area contributed by atoms with Crippen LogP contribution in [0.25, 0.3) is 16.8 Å². The number of benzene rings is 5. The number of anilines is 2. The van der Waals surface area contributed by atoms with Gasteiger partial charge in [0.15, 0.2) is 0 Å². The molecule has 0 bridgehead atoms. The van der Waals surface area contributed by atoms with Crippen LogP contribution in [0, 0.1) is 0 Å². The highest BCUT2D eigenvalue weighted by Crippen LogP contribution is 2.26. The molecule has 1 aliphatic rings. The number of carbonyl (C=O) groups is 4. The van der Waals surface area contributed by atoms with Gasteiger partial charge < -0.3 is 16.0 Å². The molecule has 3 N–H and O–H groups in total. The van der Waals surface area contributed by atoms with E-state index in [4.69, 9.17) is 0 Å². The van der Waals surface area contributed by atoms with E-state index in [0.717, 1.165) is 21.2 Å². The van der Waals surface area contributed by atoms with Crippen molar-refractivity contribution >= 4 is 69.4 Å². The van der Waals surface area contributed by atoms with E-state index in [9.17, 15) is 19.2 Å². The molecule has 1 heterocycles. The second-order valence-electron chi connectivity index (χ2n) is 10.9.